The lowest BCUT2D eigenvalue weighted by atomic mass is 10.1. The molecule has 0 atom stereocenters. The average Bonchev–Trinajstić information content (AvgIpc) is 2.89. The van der Waals surface area contributed by atoms with Crippen LogP contribution in [0.5, 0.6) is 0 Å². The maximum absolute atomic E-state index is 11.9. The number of fused-ring (bicyclic) bond motifs is 1. The van der Waals surface area contributed by atoms with Gasteiger partial charge in [-0.2, -0.15) is 0 Å². The van der Waals surface area contributed by atoms with E-state index in [9.17, 15) is 4.79 Å². The molecule has 1 amide bonds. The number of benzene rings is 1. The number of ether oxygens (including phenoxy) is 1. The zero-order valence-electron chi connectivity index (χ0n) is 14.1. The number of rotatable bonds is 2. The predicted molar refractivity (Wildman–Crippen MR) is 99.2 cm³/mol. The van der Waals surface area contributed by atoms with Gasteiger partial charge in [-0.1, -0.05) is 22.9 Å². The number of amides is 1. The van der Waals surface area contributed by atoms with Crippen LogP contribution in [-0.2, 0) is 4.74 Å². The Morgan fingerprint density at radius 3 is 2.75 bits per heavy atom. The van der Waals surface area contributed by atoms with Crippen molar-refractivity contribution >= 4 is 44.4 Å². The molecule has 1 aliphatic heterocycles. The number of hydrogen-bond acceptors (Lipinski definition) is 5. The van der Waals surface area contributed by atoms with E-state index in [2.05, 4.69) is 15.2 Å². The van der Waals surface area contributed by atoms with E-state index in [-0.39, 0.29) is 12.1 Å². The van der Waals surface area contributed by atoms with Crippen LogP contribution in [0, 0.1) is 0 Å². The van der Waals surface area contributed by atoms with Gasteiger partial charge in [0.1, 0.15) is 5.60 Å². The molecule has 0 radical (unpaired) electrons. The number of nitrogens with zero attached hydrogens (tertiary/aromatic N) is 2. The summed E-state index contributed by atoms with van der Waals surface area (Å²) in [5.41, 5.74) is 0.515. The summed E-state index contributed by atoms with van der Waals surface area (Å²) in [6.07, 6.45) is 1.43. The summed E-state index contributed by atoms with van der Waals surface area (Å²) >= 11 is 7.70. The summed E-state index contributed by atoms with van der Waals surface area (Å²) in [4.78, 5) is 18.8. The fraction of sp³-hybridized carbons (Fsp3) is 0.529. The molecule has 0 spiro atoms. The fourth-order valence-electron chi connectivity index (χ4n) is 2.71. The monoisotopic (exact) mass is 367 g/mol. The molecule has 2 aromatic rings. The van der Waals surface area contributed by atoms with Crippen molar-refractivity contribution in [3.63, 3.8) is 0 Å². The molecule has 24 heavy (non-hydrogen) atoms. The van der Waals surface area contributed by atoms with Crippen LogP contribution in [0.25, 0.3) is 10.2 Å². The molecule has 1 aromatic carbocycles. The first kappa shape index (κ1) is 17.3. The third-order valence-corrected chi connectivity index (χ3v) is 5.14. The minimum absolute atomic E-state index is 0.153. The lowest BCUT2D eigenvalue weighted by molar-refractivity contribution is 0.0497. The van der Waals surface area contributed by atoms with Crippen molar-refractivity contribution in [1.29, 1.82) is 0 Å². The van der Waals surface area contributed by atoms with Crippen molar-refractivity contribution in [1.82, 2.24) is 10.3 Å². The van der Waals surface area contributed by atoms with Crippen molar-refractivity contribution in [2.75, 3.05) is 18.0 Å². The molecular weight excluding hydrogens is 346 g/mol. The molecule has 1 N–H and O–H groups in total. The Kier molecular flexibility index (Phi) is 4.88. The highest BCUT2D eigenvalue weighted by Crippen LogP contribution is 2.32. The third kappa shape index (κ3) is 4.30. The van der Waals surface area contributed by atoms with Gasteiger partial charge in [0.15, 0.2) is 5.13 Å². The van der Waals surface area contributed by atoms with Crippen molar-refractivity contribution < 1.29 is 9.53 Å². The zero-order chi connectivity index (χ0) is 17.3. The van der Waals surface area contributed by atoms with Crippen LogP contribution in [0.15, 0.2) is 18.2 Å². The summed E-state index contributed by atoms with van der Waals surface area (Å²) in [5, 5.41) is 4.71. The highest BCUT2D eigenvalue weighted by molar-refractivity contribution is 7.22. The van der Waals surface area contributed by atoms with E-state index < -0.39 is 5.60 Å². The standard InChI is InChI=1S/C17H22ClN3O2S/c1-17(2,3)23-16(22)19-12-6-8-21(9-7-12)15-20-13-5-4-11(18)10-14(13)24-15/h4-5,10,12H,6-9H2,1-3H3,(H,19,22). The van der Waals surface area contributed by atoms with Gasteiger partial charge in [-0.15, -0.1) is 0 Å². The Hall–Kier alpha value is -1.53. The fourth-order valence-corrected chi connectivity index (χ4v) is 4.00. The lowest BCUT2D eigenvalue weighted by Gasteiger charge is -2.32. The Balaban J connectivity index is 1.57. The van der Waals surface area contributed by atoms with Gasteiger partial charge >= 0.3 is 6.09 Å². The average molecular weight is 368 g/mol. The quantitative estimate of drug-likeness (QED) is 0.852. The molecular formula is C17H22ClN3O2S. The van der Waals surface area contributed by atoms with E-state index >= 15 is 0 Å². The zero-order valence-corrected chi connectivity index (χ0v) is 15.7. The Bertz CT molecular complexity index is 733. The number of aromatic nitrogens is 1. The van der Waals surface area contributed by atoms with E-state index in [0.717, 1.165) is 46.3 Å². The van der Waals surface area contributed by atoms with Crippen LogP contribution >= 0.6 is 22.9 Å². The second-order valence-corrected chi connectivity index (χ2v) is 8.46. The number of carbonyl (C=O) groups excluding carboxylic acids is 1. The highest BCUT2D eigenvalue weighted by atomic mass is 35.5. The van der Waals surface area contributed by atoms with E-state index in [1.54, 1.807) is 11.3 Å². The molecule has 1 aromatic heterocycles. The van der Waals surface area contributed by atoms with Crippen molar-refractivity contribution in [3.05, 3.63) is 23.2 Å². The van der Waals surface area contributed by atoms with E-state index in [4.69, 9.17) is 16.3 Å². The highest BCUT2D eigenvalue weighted by Gasteiger charge is 2.25. The van der Waals surface area contributed by atoms with Gasteiger partial charge in [-0.05, 0) is 51.8 Å². The molecule has 7 heteroatoms. The predicted octanol–water partition coefficient (Wildman–Crippen LogP) is 4.44. The lowest BCUT2D eigenvalue weighted by Crippen LogP contribution is -2.46. The number of nitrogens with one attached hydrogen (secondary N) is 1. The van der Waals surface area contributed by atoms with Gasteiger partial charge in [0.25, 0.3) is 0 Å². The van der Waals surface area contributed by atoms with E-state index in [1.807, 2.05) is 39.0 Å². The largest absolute Gasteiger partial charge is 0.444 e. The van der Waals surface area contributed by atoms with Crippen molar-refractivity contribution in [3.8, 4) is 0 Å². The van der Waals surface area contributed by atoms with Crippen LogP contribution < -0.4 is 10.2 Å². The number of hydrogen-bond donors (Lipinski definition) is 1. The van der Waals surface area contributed by atoms with Gasteiger partial charge in [0.05, 0.1) is 10.2 Å². The third-order valence-electron chi connectivity index (χ3n) is 3.83. The summed E-state index contributed by atoms with van der Waals surface area (Å²) in [6.45, 7) is 7.35. The maximum atomic E-state index is 11.9. The molecule has 0 saturated carbocycles. The molecule has 0 aliphatic carbocycles. The minimum Gasteiger partial charge on any atom is -0.444 e. The summed E-state index contributed by atoms with van der Waals surface area (Å²) < 4.78 is 6.42. The second kappa shape index (κ2) is 6.76. The first-order valence-electron chi connectivity index (χ1n) is 8.11. The number of carbonyl (C=O) groups is 1. The van der Waals surface area contributed by atoms with Crippen LogP contribution in [0.4, 0.5) is 9.93 Å². The van der Waals surface area contributed by atoms with Crippen molar-refractivity contribution in [2.45, 2.75) is 45.3 Å². The number of halogens is 1. The first-order chi connectivity index (χ1) is 11.3. The Morgan fingerprint density at radius 2 is 2.08 bits per heavy atom. The van der Waals surface area contributed by atoms with E-state index in [0.29, 0.717) is 0 Å². The molecule has 2 heterocycles. The number of alkyl carbamates (subject to hydrolysis) is 1. The smallest absolute Gasteiger partial charge is 0.407 e. The molecule has 0 bridgehead atoms. The normalized spacial score (nSPS) is 16.4. The van der Waals surface area contributed by atoms with Gasteiger partial charge in [0, 0.05) is 24.2 Å². The van der Waals surface area contributed by atoms with Crippen LogP contribution in [0.1, 0.15) is 33.6 Å². The molecule has 1 fully saturated rings. The molecule has 1 saturated heterocycles. The summed E-state index contributed by atoms with van der Waals surface area (Å²) in [7, 11) is 0. The van der Waals surface area contributed by atoms with E-state index in [1.165, 1.54) is 0 Å². The molecule has 1 aliphatic rings. The second-order valence-electron chi connectivity index (χ2n) is 7.02. The number of thiazole rings is 1. The van der Waals surface area contributed by atoms with Crippen molar-refractivity contribution in [2.24, 2.45) is 0 Å². The summed E-state index contributed by atoms with van der Waals surface area (Å²) in [6, 6.07) is 5.92. The number of piperidine rings is 1. The van der Waals surface area contributed by atoms with Gasteiger partial charge in [-0.3, -0.25) is 0 Å². The maximum Gasteiger partial charge on any atom is 0.407 e. The molecule has 3 rings (SSSR count). The molecule has 5 nitrogen and oxygen atoms in total. The minimum atomic E-state index is -0.465. The summed E-state index contributed by atoms with van der Waals surface area (Å²) in [5.74, 6) is 0. The Morgan fingerprint density at radius 1 is 1.38 bits per heavy atom. The molecule has 0 unspecified atom stereocenters. The van der Waals surface area contributed by atoms with Gasteiger partial charge in [0.2, 0.25) is 0 Å². The van der Waals surface area contributed by atoms with Gasteiger partial charge < -0.3 is 15.0 Å². The molecule has 130 valence electrons. The number of anilines is 1. The van der Waals surface area contributed by atoms with Gasteiger partial charge in [-0.25, -0.2) is 9.78 Å². The van der Waals surface area contributed by atoms with Crippen LogP contribution in [0.3, 0.4) is 0 Å². The SMILES string of the molecule is CC(C)(C)OC(=O)NC1CCN(c2nc3ccc(Cl)cc3s2)CC1. The van der Waals surface area contributed by atoms with Crippen LogP contribution in [0.2, 0.25) is 5.02 Å². The first-order valence-corrected chi connectivity index (χ1v) is 9.30. The Labute approximate surface area is 151 Å². The van der Waals surface area contributed by atoms with Crippen LogP contribution in [-0.4, -0.2) is 35.8 Å². The topological polar surface area (TPSA) is 54.5 Å².